The summed E-state index contributed by atoms with van der Waals surface area (Å²) in [6, 6.07) is 0. The summed E-state index contributed by atoms with van der Waals surface area (Å²) in [5, 5.41) is 25.7. The molecule has 1 rings (SSSR count). The maximum absolute atomic E-state index is 10.1. The van der Waals surface area contributed by atoms with Crippen molar-refractivity contribution in [2.24, 2.45) is 0 Å². The number of carboxylic acids is 1. The lowest BCUT2D eigenvalue weighted by atomic mass is 10.1. The molecule has 25 heavy (non-hydrogen) atoms. The molecule has 0 aromatic rings. The molecule has 0 saturated carbocycles. The van der Waals surface area contributed by atoms with Gasteiger partial charge >= 0.3 is 5.97 Å². The number of hydrogen-bond donors (Lipinski definition) is 3. The van der Waals surface area contributed by atoms with Gasteiger partial charge in [-0.05, 0) is 12.8 Å². The minimum Gasteiger partial charge on any atom is -0.478 e. The Bertz CT molecular complexity index is 315. The third-order valence-electron chi connectivity index (χ3n) is 4.28. The summed E-state index contributed by atoms with van der Waals surface area (Å²) in [5.74, 6) is -0.842. The van der Waals surface area contributed by atoms with E-state index in [2.05, 4.69) is 16.7 Å². The van der Waals surface area contributed by atoms with Crippen LogP contribution in [0.5, 0.6) is 0 Å². The monoisotopic (exact) mass is 358 g/mol. The van der Waals surface area contributed by atoms with E-state index in [1.807, 2.05) is 0 Å². The number of unbranched alkanes of at least 4 members (excludes halogenated alkanes) is 6. The summed E-state index contributed by atoms with van der Waals surface area (Å²) in [7, 11) is 0. The Labute approximate surface area is 153 Å². The van der Waals surface area contributed by atoms with E-state index in [4.69, 9.17) is 15.3 Å². The van der Waals surface area contributed by atoms with E-state index in [9.17, 15) is 4.79 Å². The molecule has 1 aliphatic heterocycles. The zero-order valence-corrected chi connectivity index (χ0v) is 15.9. The fraction of sp³-hybridized carbons (Fsp3) is 0.842. The molecular weight excluding hydrogens is 320 g/mol. The lowest BCUT2D eigenvalue weighted by Gasteiger charge is -2.33. The van der Waals surface area contributed by atoms with Gasteiger partial charge in [0.2, 0.25) is 0 Å². The average molecular weight is 359 g/mol. The van der Waals surface area contributed by atoms with E-state index in [1.54, 1.807) is 6.08 Å². The van der Waals surface area contributed by atoms with Crippen molar-refractivity contribution in [1.82, 2.24) is 9.80 Å². The first-order chi connectivity index (χ1) is 12.1. The molecule has 6 heteroatoms. The summed E-state index contributed by atoms with van der Waals surface area (Å²) >= 11 is 0. The maximum atomic E-state index is 10.1. The molecule has 0 radical (unpaired) electrons. The SMILES string of the molecule is CCCCCCCC/C=C/C(=O)O.OCCN1CCN(CCO)CC1. The number of hydrogen-bond acceptors (Lipinski definition) is 5. The molecule has 0 aromatic carbocycles. The predicted molar refractivity (Wildman–Crippen MR) is 102 cm³/mol. The predicted octanol–water partition coefficient (Wildman–Crippen LogP) is 1.97. The van der Waals surface area contributed by atoms with Crippen LogP contribution in [-0.2, 0) is 4.79 Å². The molecule has 3 N–H and O–H groups in total. The van der Waals surface area contributed by atoms with E-state index in [1.165, 1.54) is 38.2 Å². The van der Waals surface area contributed by atoms with Crippen molar-refractivity contribution in [3.8, 4) is 0 Å². The molecule has 0 spiro atoms. The second-order valence-electron chi connectivity index (χ2n) is 6.43. The first kappa shape index (κ1) is 24.1. The topological polar surface area (TPSA) is 84.2 Å². The van der Waals surface area contributed by atoms with Crippen LogP contribution in [-0.4, -0.2) is 83.6 Å². The lowest BCUT2D eigenvalue weighted by molar-refractivity contribution is -0.131. The molecule has 1 fully saturated rings. The highest BCUT2D eigenvalue weighted by atomic mass is 16.4. The molecule has 6 nitrogen and oxygen atoms in total. The number of carbonyl (C=O) groups is 1. The largest absolute Gasteiger partial charge is 0.478 e. The minimum absolute atomic E-state index is 0.250. The number of aliphatic hydroxyl groups is 2. The van der Waals surface area contributed by atoms with Crippen molar-refractivity contribution in [1.29, 1.82) is 0 Å². The van der Waals surface area contributed by atoms with Crippen LogP contribution >= 0.6 is 0 Å². The van der Waals surface area contributed by atoms with Gasteiger partial charge in [0.25, 0.3) is 0 Å². The first-order valence-corrected chi connectivity index (χ1v) is 9.69. The molecule has 148 valence electrons. The molecule has 1 aliphatic rings. The molecular formula is C19H38N2O4. The first-order valence-electron chi connectivity index (χ1n) is 9.69. The zero-order chi connectivity index (χ0) is 18.8. The van der Waals surface area contributed by atoms with Gasteiger partial charge in [-0.3, -0.25) is 9.80 Å². The summed E-state index contributed by atoms with van der Waals surface area (Å²) in [4.78, 5) is 14.6. The number of aliphatic carboxylic acids is 1. The van der Waals surface area contributed by atoms with Gasteiger partial charge in [0, 0.05) is 45.3 Å². The Morgan fingerprint density at radius 3 is 1.80 bits per heavy atom. The number of β-amino-alcohol motifs (C(OH)–C–C–N with tert-alkyl or cyclic N) is 2. The third kappa shape index (κ3) is 16.3. The van der Waals surface area contributed by atoms with Crippen molar-refractivity contribution in [2.45, 2.75) is 51.9 Å². The number of rotatable bonds is 12. The van der Waals surface area contributed by atoms with Gasteiger partial charge < -0.3 is 15.3 Å². The smallest absolute Gasteiger partial charge is 0.327 e. The Kier molecular flexibility index (Phi) is 17.2. The number of carboxylic acid groups (broad SMARTS) is 1. The summed E-state index contributed by atoms with van der Waals surface area (Å²) in [6.45, 7) is 8.33. The van der Waals surface area contributed by atoms with Gasteiger partial charge in [0.05, 0.1) is 13.2 Å². The summed E-state index contributed by atoms with van der Waals surface area (Å²) in [6.07, 6.45) is 11.4. The zero-order valence-electron chi connectivity index (χ0n) is 15.9. The molecule has 0 bridgehead atoms. The molecule has 0 unspecified atom stereocenters. The van der Waals surface area contributed by atoms with Crippen LogP contribution in [0.2, 0.25) is 0 Å². The van der Waals surface area contributed by atoms with Gasteiger partial charge in [-0.2, -0.15) is 0 Å². The van der Waals surface area contributed by atoms with E-state index >= 15 is 0 Å². The Morgan fingerprint density at radius 1 is 0.880 bits per heavy atom. The summed E-state index contributed by atoms with van der Waals surface area (Å²) < 4.78 is 0. The number of aliphatic hydroxyl groups excluding tert-OH is 2. The Hall–Kier alpha value is -0.950. The van der Waals surface area contributed by atoms with Gasteiger partial charge in [0.1, 0.15) is 0 Å². The van der Waals surface area contributed by atoms with Crippen molar-refractivity contribution in [2.75, 3.05) is 52.5 Å². The quantitative estimate of drug-likeness (QED) is 0.365. The van der Waals surface area contributed by atoms with Crippen LogP contribution in [0.1, 0.15) is 51.9 Å². The second-order valence-corrected chi connectivity index (χ2v) is 6.43. The van der Waals surface area contributed by atoms with Crippen LogP contribution in [0.25, 0.3) is 0 Å². The normalized spacial score (nSPS) is 16.0. The maximum Gasteiger partial charge on any atom is 0.327 e. The Balaban J connectivity index is 0.000000462. The molecule has 0 atom stereocenters. The molecule has 1 heterocycles. The third-order valence-corrected chi connectivity index (χ3v) is 4.28. The number of piperazine rings is 1. The highest BCUT2D eigenvalue weighted by Crippen LogP contribution is 2.06. The fourth-order valence-electron chi connectivity index (χ4n) is 2.75. The van der Waals surface area contributed by atoms with Crippen LogP contribution in [0, 0.1) is 0 Å². The van der Waals surface area contributed by atoms with Crippen molar-refractivity contribution < 1.29 is 20.1 Å². The fourth-order valence-corrected chi connectivity index (χ4v) is 2.75. The number of nitrogens with zero attached hydrogens (tertiary/aromatic N) is 2. The van der Waals surface area contributed by atoms with Crippen molar-refractivity contribution in [3.05, 3.63) is 12.2 Å². The molecule has 0 amide bonds. The highest BCUT2D eigenvalue weighted by molar-refractivity contribution is 5.79. The minimum atomic E-state index is -0.842. The van der Waals surface area contributed by atoms with E-state index < -0.39 is 5.97 Å². The van der Waals surface area contributed by atoms with Crippen LogP contribution in [0.15, 0.2) is 12.2 Å². The van der Waals surface area contributed by atoms with Crippen LogP contribution in [0.4, 0.5) is 0 Å². The van der Waals surface area contributed by atoms with Gasteiger partial charge in [0.15, 0.2) is 0 Å². The Morgan fingerprint density at radius 2 is 1.36 bits per heavy atom. The van der Waals surface area contributed by atoms with E-state index in [-0.39, 0.29) is 13.2 Å². The van der Waals surface area contributed by atoms with Crippen LogP contribution in [0.3, 0.4) is 0 Å². The summed E-state index contributed by atoms with van der Waals surface area (Å²) in [5.41, 5.74) is 0. The van der Waals surface area contributed by atoms with Gasteiger partial charge in [-0.1, -0.05) is 45.1 Å². The van der Waals surface area contributed by atoms with E-state index in [0.29, 0.717) is 0 Å². The van der Waals surface area contributed by atoms with Gasteiger partial charge in [-0.15, -0.1) is 0 Å². The van der Waals surface area contributed by atoms with Gasteiger partial charge in [-0.25, -0.2) is 4.79 Å². The molecule has 1 saturated heterocycles. The van der Waals surface area contributed by atoms with Crippen molar-refractivity contribution in [3.63, 3.8) is 0 Å². The molecule has 0 aliphatic carbocycles. The standard InChI is InChI=1S/C11H20O2.C8H18N2O2/c1-2-3-4-5-6-7-8-9-10-11(12)13;11-7-5-9-1-2-10(4-3-9)6-8-12/h9-10H,2-8H2,1H3,(H,12,13);11-12H,1-8H2/b10-9+;. The second kappa shape index (κ2) is 17.9. The average Bonchev–Trinajstić information content (AvgIpc) is 2.60. The number of allylic oxidation sites excluding steroid dienone is 1. The van der Waals surface area contributed by atoms with E-state index in [0.717, 1.165) is 52.1 Å². The van der Waals surface area contributed by atoms with Crippen LogP contribution < -0.4 is 0 Å². The van der Waals surface area contributed by atoms with Crippen molar-refractivity contribution >= 4 is 5.97 Å². The lowest BCUT2D eigenvalue weighted by Crippen LogP contribution is -2.47. The highest BCUT2D eigenvalue weighted by Gasteiger charge is 2.14. The molecule has 0 aromatic heterocycles.